The Morgan fingerprint density at radius 2 is 2.26 bits per heavy atom. The molecule has 1 aliphatic rings. The van der Waals surface area contributed by atoms with Crippen LogP contribution in [0.2, 0.25) is 0 Å². The van der Waals surface area contributed by atoms with Crippen molar-refractivity contribution < 1.29 is 9.90 Å². The van der Waals surface area contributed by atoms with Crippen molar-refractivity contribution in [1.29, 1.82) is 5.41 Å². The summed E-state index contributed by atoms with van der Waals surface area (Å²) in [5.74, 6) is 0.549. The first-order valence-corrected chi connectivity index (χ1v) is 7.74. The summed E-state index contributed by atoms with van der Waals surface area (Å²) >= 11 is 0. The second kappa shape index (κ2) is 5.42. The molecule has 1 saturated carbocycles. The van der Waals surface area contributed by atoms with Crippen LogP contribution in [0.4, 0.5) is 0 Å². The van der Waals surface area contributed by atoms with Crippen molar-refractivity contribution in [3.63, 3.8) is 0 Å². The summed E-state index contributed by atoms with van der Waals surface area (Å²) in [6.07, 6.45) is 5.09. The lowest BCUT2D eigenvalue weighted by Crippen LogP contribution is -2.36. The van der Waals surface area contributed by atoms with Gasteiger partial charge in [-0.2, -0.15) is 0 Å². The van der Waals surface area contributed by atoms with Crippen LogP contribution in [0.15, 0.2) is 18.3 Å². The third-order valence-electron chi connectivity index (χ3n) is 4.28. The largest absolute Gasteiger partial charge is 0.386 e. The van der Waals surface area contributed by atoms with E-state index in [4.69, 9.17) is 5.41 Å². The lowest BCUT2D eigenvalue weighted by Gasteiger charge is -2.18. The van der Waals surface area contributed by atoms with E-state index in [9.17, 15) is 9.90 Å². The molecule has 0 spiro atoms. The normalized spacial score (nSPS) is 16.3. The molecule has 2 heterocycles. The summed E-state index contributed by atoms with van der Waals surface area (Å²) < 4.78 is 1.80. The van der Waals surface area contributed by atoms with Crippen molar-refractivity contribution in [3.8, 4) is 0 Å². The molecule has 1 aliphatic carbocycles. The zero-order valence-electron chi connectivity index (χ0n) is 13.3. The minimum atomic E-state index is -1.03. The number of fused-ring (bicyclic) bond motifs is 1. The van der Waals surface area contributed by atoms with Crippen LogP contribution in [0.25, 0.3) is 5.65 Å². The Balaban J connectivity index is 1.98. The van der Waals surface area contributed by atoms with Crippen molar-refractivity contribution in [2.75, 3.05) is 6.54 Å². The van der Waals surface area contributed by atoms with Crippen LogP contribution in [-0.4, -0.2) is 38.4 Å². The van der Waals surface area contributed by atoms with Crippen molar-refractivity contribution in [1.82, 2.24) is 19.9 Å². The maximum absolute atomic E-state index is 12.5. The Morgan fingerprint density at radius 1 is 1.52 bits per heavy atom. The number of carbonyl (C=O) groups is 1. The number of aliphatic hydroxyl groups is 1. The third-order valence-corrected chi connectivity index (χ3v) is 4.28. The number of rotatable bonds is 6. The molecule has 0 aliphatic heterocycles. The van der Waals surface area contributed by atoms with Gasteiger partial charge in [0.05, 0.1) is 5.60 Å². The first-order chi connectivity index (χ1) is 10.9. The predicted molar refractivity (Wildman–Crippen MR) is 85.6 cm³/mol. The Labute approximate surface area is 134 Å². The fraction of sp³-hybridized carbons (Fsp3) is 0.500. The van der Waals surface area contributed by atoms with E-state index in [2.05, 4.69) is 15.5 Å². The topological polar surface area (TPSA) is 103 Å². The lowest BCUT2D eigenvalue weighted by atomic mass is 9.99. The first-order valence-electron chi connectivity index (χ1n) is 7.74. The lowest BCUT2D eigenvalue weighted by molar-refractivity contribution is -0.123. The second-order valence-electron chi connectivity index (χ2n) is 6.53. The van der Waals surface area contributed by atoms with E-state index in [1.165, 1.54) is 6.21 Å². The Kier molecular flexibility index (Phi) is 3.68. The number of nitrogens with one attached hydrogen (secondary N) is 2. The minimum absolute atomic E-state index is 0.0673. The smallest absolute Gasteiger partial charge is 0.233 e. The first kappa shape index (κ1) is 15.6. The van der Waals surface area contributed by atoms with Gasteiger partial charge in [0, 0.05) is 18.3 Å². The number of hydrogen-bond donors (Lipinski definition) is 3. The summed E-state index contributed by atoms with van der Waals surface area (Å²) in [6, 6.07) is 3.65. The van der Waals surface area contributed by atoms with E-state index in [0.717, 1.165) is 12.8 Å². The second-order valence-corrected chi connectivity index (χ2v) is 6.53. The molecule has 0 atom stereocenters. The predicted octanol–water partition coefficient (Wildman–Crippen LogP) is 1.14. The zero-order chi connectivity index (χ0) is 16.7. The van der Waals surface area contributed by atoms with Crippen LogP contribution < -0.4 is 5.32 Å². The average molecular weight is 315 g/mol. The zero-order valence-corrected chi connectivity index (χ0v) is 13.3. The fourth-order valence-electron chi connectivity index (χ4n) is 2.82. The minimum Gasteiger partial charge on any atom is -0.386 e. The maximum atomic E-state index is 12.5. The number of carbonyl (C=O) groups excluding carboxylic acids is 1. The number of hydrogen-bond acceptors (Lipinski definition) is 5. The highest BCUT2D eigenvalue weighted by molar-refractivity contribution is 5.90. The van der Waals surface area contributed by atoms with Crippen molar-refractivity contribution in [3.05, 3.63) is 29.7 Å². The average Bonchev–Trinajstić information content (AvgIpc) is 3.19. The van der Waals surface area contributed by atoms with Gasteiger partial charge in [-0.05, 0) is 45.4 Å². The third kappa shape index (κ3) is 2.61. The van der Waals surface area contributed by atoms with Crippen LogP contribution in [0, 0.1) is 5.41 Å². The van der Waals surface area contributed by atoms with Crippen LogP contribution in [0.5, 0.6) is 0 Å². The Bertz CT molecular complexity index is 755. The van der Waals surface area contributed by atoms with E-state index in [-0.39, 0.29) is 5.91 Å². The maximum Gasteiger partial charge on any atom is 0.233 e. The van der Waals surface area contributed by atoms with E-state index in [1.807, 2.05) is 18.3 Å². The molecule has 0 unspecified atom stereocenters. The van der Waals surface area contributed by atoms with Crippen molar-refractivity contribution in [2.24, 2.45) is 0 Å². The fourth-order valence-corrected chi connectivity index (χ4v) is 2.82. The highest BCUT2D eigenvalue weighted by atomic mass is 16.3. The molecule has 0 radical (unpaired) electrons. The summed E-state index contributed by atoms with van der Waals surface area (Å²) in [7, 11) is 0. The van der Waals surface area contributed by atoms with Gasteiger partial charge in [0.2, 0.25) is 5.91 Å². The number of aromatic nitrogens is 3. The van der Waals surface area contributed by atoms with Gasteiger partial charge in [0.1, 0.15) is 5.41 Å². The molecule has 23 heavy (non-hydrogen) atoms. The highest BCUT2D eigenvalue weighted by Gasteiger charge is 2.54. The Morgan fingerprint density at radius 3 is 2.87 bits per heavy atom. The number of nitrogens with zero attached hydrogens (tertiary/aromatic N) is 3. The highest BCUT2D eigenvalue weighted by Crippen LogP contribution is 2.47. The molecule has 1 fully saturated rings. The van der Waals surface area contributed by atoms with Gasteiger partial charge in [0.15, 0.2) is 11.5 Å². The molecule has 3 N–H and O–H groups in total. The standard InChI is InChI=1S/C16H21N5O2/c1-15(2,23)11-5-3-10-21-12(11)19-20-13(21)16(6-7-16)14(22)18-9-4-8-17/h3,5,8,10,17,23H,4,6-7,9H2,1-2H3,(H,18,22). The summed E-state index contributed by atoms with van der Waals surface area (Å²) in [4.78, 5) is 12.5. The molecule has 3 rings (SSSR count). The molecule has 0 bridgehead atoms. The molecule has 2 aromatic heterocycles. The van der Waals surface area contributed by atoms with Gasteiger partial charge >= 0.3 is 0 Å². The van der Waals surface area contributed by atoms with Gasteiger partial charge < -0.3 is 15.8 Å². The SMILES string of the molecule is CC(C)(O)c1cccn2c(C3(C(=O)NCCC=N)CC3)nnc12. The monoisotopic (exact) mass is 315 g/mol. The number of amides is 1. The quantitative estimate of drug-likeness (QED) is 0.549. The summed E-state index contributed by atoms with van der Waals surface area (Å²) in [5, 5.41) is 28.6. The molecule has 0 aromatic carbocycles. The van der Waals surface area contributed by atoms with Crippen LogP contribution in [0.3, 0.4) is 0 Å². The van der Waals surface area contributed by atoms with Gasteiger partial charge in [-0.1, -0.05) is 6.07 Å². The summed E-state index contributed by atoms with van der Waals surface area (Å²) in [6.45, 7) is 3.86. The molecule has 2 aromatic rings. The Hall–Kier alpha value is -2.28. The van der Waals surface area contributed by atoms with E-state index >= 15 is 0 Å². The van der Waals surface area contributed by atoms with Crippen molar-refractivity contribution in [2.45, 2.75) is 44.1 Å². The van der Waals surface area contributed by atoms with Gasteiger partial charge in [-0.15, -0.1) is 10.2 Å². The molecule has 0 saturated heterocycles. The van der Waals surface area contributed by atoms with Crippen LogP contribution in [-0.2, 0) is 15.8 Å². The van der Waals surface area contributed by atoms with Gasteiger partial charge in [-0.3, -0.25) is 9.20 Å². The molecule has 122 valence electrons. The van der Waals surface area contributed by atoms with E-state index in [0.29, 0.717) is 30.0 Å². The number of pyridine rings is 1. The van der Waals surface area contributed by atoms with E-state index in [1.54, 1.807) is 18.2 Å². The van der Waals surface area contributed by atoms with Crippen LogP contribution >= 0.6 is 0 Å². The molecular formula is C16H21N5O2. The summed E-state index contributed by atoms with van der Waals surface area (Å²) in [5.41, 5.74) is -0.414. The molecule has 7 heteroatoms. The van der Waals surface area contributed by atoms with Gasteiger partial charge in [-0.25, -0.2) is 0 Å². The molecule has 7 nitrogen and oxygen atoms in total. The van der Waals surface area contributed by atoms with Crippen LogP contribution in [0.1, 0.15) is 44.5 Å². The van der Waals surface area contributed by atoms with Gasteiger partial charge in [0.25, 0.3) is 0 Å². The molecular weight excluding hydrogens is 294 g/mol. The van der Waals surface area contributed by atoms with Crippen molar-refractivity contribution >= 4 is 17.8 Å². The molecule has 1 amide bonds. The van der Waals surface area contributed by atoms with E-state index < -0.39 is 11.0 Å².